The lowest BCUT2D eigenvalue weighted by Gasteiger charge is -2.33. The molecule has 1 fully saturated rings. The fourth-order valence-corrected chi connectivity index (χ4v) is 7.23. The van der Waals surface area contributed by atoms with Gasteiger partial charge in [-0.1, -0.05) is 88.9 Å². The Labute approximate surface area is 268 Å². The topological polar surface area (TPSA) is 86.8 Å². The Bertz CT molecular complexity index is 1510. The first-order chi connectivity index (χ1) is 20.5. The van der Waals surface area contributed by atoms with E-state index in [1.807, 2.05) is 54.6 Å². The molecule has 0 aromatic heterocycles. The lowest BCUT2D eigenvalue weighted by Crippen LogP contribution is -2.52. The van der Waals surface area contributed by atoms with Gasteiger partial charge in [0.25, 0.3) is 0 Å². The van der Waals surface area contributed by atoms with Crippen molar-refractivity contribution in [3.63, 3.8) is 0 Å². The van der Waals surface area contributed by atoms with Crippen LogP contribution in [0.15, 0.2) is 77.3 Å². The molecule has 7 nitrogen and oxygen atoms in total. The number of hydrogen-bond acceptors (Lipinski definition) is 4. The predicted octanol–water partition coefficient (Wildman–Crippen LogP) is 6.66. The molecule has 43 heavy (non-hydrogen) atoms. The van der Waals surface area contributed by atoms with Gasteiger partial charge in [0.1, 0.15) is 6.04 Å². The summed E-state index contributed by atoms with van der Waals surface area (Å²) in [6, 6.07) is 22.0. The van der Waals surface area contributed by atoms with Gasteiger partial charge in [-0.25, -0.2) is 8.42 Å². The van der Waals surface area contributed by atoms with Crippen molar-refractivity contribution in [2.45, 2.75) is 70.5 Å². The van der Waals surface area contributed by atoms with E-state index in [1.165, 1.54) is 4.31 Å². The van der Waals surface area contributed by atoms with Crippen LogP contribution in [0.1, 0.15) is 55.2 Å². The molecule has 0 spiro atoms. The van der Waals surface area contributed by atoms with Crippen molar-refractivity contribution in [1.82, 2.24) is 10.2 Å². The molecule has 2 amide bonds. The van der Waals surface area contributed by atoms with Gasteiger partial charge >= 0.3 is 0 Å². The van der Waals surface area contributed by atoms with Crippen molar-refractivity contribution in [3.8, 4) is 0 Å². The van der Waals surface area contributed by atoms with Gasteiger partial charge in [-0.3, -0.25) is 13.9 Å². The van der Waals surface area contributed by atoms with E-state index >= 15 is 0 Å². The minimum Gasteiger partial charge on any atom is -0.352 e. The number of benzene rings is 3. The SMILES string of the molecule is Cc1c(Cl)cccc1N(CCCC(=O)N(Cc1cccc(Br)c1)[C@H](Cc1ccccc1)C(=O)NC1CCCC1)S(C)(=O)=O. The third-order valence-electron chi connectivity index (χ3n) is 7.87. The smallest absolute Gasteiger partial charge is 0.243 e. The zero-order chi connectivity index (χ0) is 31.0. The summed E-state index contributed by atoms with van der Waals surface area (Å²) in [6.45, 7) is 2.13. The molecule has 1 saturated carbocycles. The van der Waals surface area contributed by atoms with E-state index in [-0.39, 0.29) is 43.8 Å². The summed E-state index contributed by atoms with van der Waals surface area (Å²) in [5.41, 5.74) is 3.00. The van der Waals surface area contributed by atoms with E-state index in [1.54, 1.807) is 30.0 Å². The molecule has 10 heteroatoms. The zero-order valence-corrected chi connectivity index (χ0v) is 27.8. The van der Waals surface area contributed by atoms with Gasteiger partial charge in [0.15, 0.2) is 0 Å². The molecule has 0 saturated heterocycles. The first-order valence-electron chi connectivity index (χ1n) is 14.6. The number of amides is 2. The van der Waals surface area contributed by atoms with Crippen LogP contribution < -0.4 is 9.62 Å². The maximum Gasteiger partial charge on any atom is 0.243 e. The Hall–Kier alpha value is -2.88. The Kier molecular flexibility index (Phi) is 11.7. The average molecular weight is 689 g/mol. The summed E-state index contributed by atoms with van der Waals surface area (Å²) < 4.78 is 27.7. The van der Waals surface area contributed by atoms with E-state index < -0.39 is 16.1 Å². The summed E-state index contributed by atoms with van der Waals surface area (Å²) in [5.74, 6) is -0.370. The Morgan fingerprint density at radius 3 is 2.35 bits per heavy atom. The van der Waals surface area contributed by atoms with Gasteiger partial charge < -0.3 is 10.2 Å². The second-order valence-electron chi connectivity index (χ2n) is 11.2. The number of carbonyl (C=O) groups is 2. The fourth-order valence-electron chi connectivity index (χ4n) is 5.60. The molecule has 0 radical (unpaired) electrons. The second kappa shape index (κ2) is 15.2. The van der Waals surface area contributed by atoms with Crippen LogP contribution in [-0.2, 0) is 32.6 Å². The van der Waals surface area contributed by atoms with Gasteiger partial charge in [-0.2, -0.15) is 0 Å². The molecule has 3 aromatic rings. The van der Waals surface area contributed by atoms with E-state index in [9.17, 15) is 18.0 Å². The van der Waals surface area contributed by atoms with E-state index in [2.05, 4.69) is 21.2 Å². The van der Waals surface area contributed by atoms with Crippen LogP contribution in [0.25, 0.3) is 0 Å². The maximum atomic E-state index is 14.0. The Morgan fingerprint density at radius 1 is 1.00 bits per heavy atom. The third-order valence-corrected chi connectivity index (χ3v) is 9.96. The van der Waals surface area contributed by atoms with Gasteiger partial charge in [-0.15, -0.1) is 0 Å². The molecular formula is C33H39BrClN3O4S. The Morgan fingerprint density at radius 2 is 1.67 bits per heavy atom. The third kappa shape index (κ3) is 9.30. The minimum absolute atomic E-state index is 0.0711. The standard InChI is InChI=1S/C33H39BrClN3O4S/c1-24-29(35)17-9-18-30(24)38(43(2,41)42)20-10-19-32(39)37(23-26-13-8-14-27(34)21-26)31(22-25-11-4-3-5-12-25)33(40)36-28-15-6-7-16-28/h3-5,8-9,11-14,17-18,21,28,31H,6-7,10,15-16,19-20,22-23H2,1-2H3,(H,36,40)/t31-/m1/s1. The summed E-state index contributed by atoms with van der Waals surface area (Å²) in [4.78, 5) is 29.6. The molecule has 1 atom stereocenters. The molecule has 0 unspecified atom stereocenters. The van der Waals surface area contributed by atoms with Crippen molar-refractivity contribution in [3.05, 3.63) is 99.0 Å². The highest BCUT2D eigenvalue weighted by Gasteiger charge is 2.32. The number of sulfonamides is 1. The van der Waals surface area contributed by atoms with Crippen LogP contribution in [0, 0.1) is 6.92 Å². The number of hydrogen-bond donors (Lipinski definition) is 1. The zero-order valence-electron chi connectivity index (χ0n) is 24.6. The predicted molar refractivity (Wildman–Crippen MR) is 177 cm³/mol. The van der Waals surface area contributed by atoms with Crippen LogP contribution in [-0.4, -0.2) is 50.0 Å². The second-order valence-corrected chi connectivity index (χ2v) is 14.4. The molecule has 1 aliphatic rings. The Balaban J connectivity index is 1.60. The monoisotopic (exact) mass is 687 g/mol. The van der Waals surface area contributed by atoms with E-state index in [0.717, 1.165) is 47.5 Å². The van der Waals surface area contributed by atoms with Crippen molar-refractivity contribution in [2.24, 2.45) is 0 Å². The van der Waals surface area contributed by atoms with Crippen molar-refractivity contribution < 1.29 is 18.0 Å². The first kappa shape index (κ1) is 33.0. The van der Waals surface area contributed by atoms with Crippen LogP contribution in [0.3, 0.4) is 0 Å². The van der Waals surface area contributed by atoms with Crippen LogP contribution in [0.4, 0.5) is 5.69 Å². The quantitative estimate of drug-likeness (QED) is 0.218. The summed E-state index contributed by atoms with van der Waals surface area (Å²) in [7, 11) is -3.63. The van der Waals surface area contributed by atoms with Crippen LogP contribution in [0.5, 0.6) is 0 Å². The molecule has 0 heterocycles. The normalized spacial score (nSPS) is 14.3. The minimum atomic E-state index is -3.63. The van der Waals surface area contributed by atoms with Crippen LogP contribution >= 0.6 is 27.5 Å². The molecule has 1 aliphatic carbocycles. The molecule has 3 aromatic carbocycles. The van der Waals surface area contributed by atoms with Crippen molar-refractivity contribution in [2.75, 3.05) is 17.1 Å². The van der Waals surface area contributed by atoms with Gasteiger partial charge in [0.2, 0.25) is 21.8 Å². The highest BCUT2D eigenvalue weighted by atomic mass is 79.9. The number of halogens is 2. The van der Waals surface area contributed by atoms with Gasteiger partial charge in [0.05, 0.1) is 11.9 Å². The van der Waals surface area contributed by atoms with Gasteiger partial charge in [0, 0.05) is 41.5 Å². The van der Waals surface area contributed by atoms with E-state index in [4.69, 9.17) is 11.6 Å². The highest BCUT2D eigenvalue weighted by molar-refractivity contribution is 9.10. The fraction of sp³-hybridized carbons (Fsp3) is 0.394. The summed E-state index contributed by atoms with van der Waals surface area (Å²) in [5, 5.41) is 3.69. The number of nitrogens with zero attached hydrogens (tertiary/aromatic N) is 2. The first-order valence-corrected chi connectivity index (χ1v) is 17.7. The summed E-state index contributed by atoms with van der Waals surface area (Å²) >= 11 is 9.81. The molecular weight excluding hydrogens is 650 g/mol. The van der Waals surface area contributed by atoms with Crippen molar-refractivity contribution >= 4 is 55.1 Å². The molecule has 4 rings (SSSR count). The lowest BCUT2D eigenvalue weighted by atomic mass is 10.0. The molecule has 0 aliphatic heterocycles. The molecule has 230 valence electrons. The van der Waals surface area contributed by atoms with Crippen LogP contribution in [0.2, 0.25) is 5.02 Å². The number of carbonyl (C=O) groups excluding carboxylic acids is 2. The number of rotatable bonds is 13. The highest BCUT2D eigenvalue weighted by Crippen LogP contribution is 2.29. The molecule has 0 bridgehead atoms. The molecule has 1 N–H and O–H groups in total. The average Bonchev–Trinajstić information content (AvgIpc) is 3.47. The number of anilines is 1. The van der Waals surface area contributed by atoms with E-state index in [0.29, 0.717) is 22.7 Å². The summed E-state index contributed by atoms with van der Waals surface area (Å²) in [6.07, 6.45) is 5.90. The number of nitrogens with one attached hydrogen (secondary N) is 1. The van der Waals surface area contributed by atoms with Crippen molar-refractivity contribution in [1.29, 1.82) is 0 Å². The van der Waals surface area contributed by atoms with Gasteiger partial charge in [-0.05, 0) is 67.1 Å². The maximum absolute atomic E-state index is 14.0. The lowest BCUT2D eigenvalue weighted by molar-refractivity contribution is -0.141. The largest absolute Gasteiger partial charge is 0.352 e.